The minimum absolute atomic E-state index is 0.0406. The Kier molecular flexibility index (Phi) is 10.9. The Balaban J connectivity index is 0.939. The molecule has 4 heterocycles. The van der Waals surface area contributed by atoms with Gasteiger partial charge in [-0.25, -0.2) is 19.6 Å². The number of ether oxygens (including phenoxy) is 3. The first-order chi connectivity index (χ1) is 31.9. The molecule has 2 aromatic heterocycles. The first-order valence-corrected chi connectivity index (χ1v) is 22.6. The van der Waals surface area contributed by atoms with Gasteiger partial charge in [0.15, 0.2) is 0 Å². The summed E-state index contributed by atoms with van der Waals surface area (Å²) < 4.78 is 15.4. The Hall–Kier alpha value is -7.00. The maximum atomic E-state index is 14.6. The molecular formula is C51H54N8O7. The number of carbonyl (C=O) groups excluding carboxylic acids is 4. The van der Waals surface area contributed by atoms with Crippen molar-refractivity contribution in [3.63, 3.8) is 0 Å². The summed E-state index contributed by atoms with van der Waals surface area (Å²) in [4.78, 5) is 74.6. The second kappa shape index (κ2) is 16.8. The molecule has 0 spiro atoms. The minimum Gasteiger partial charge on any atom is -0.453 e. The molecule has 1 saturated carbocycles. The number of imidazole rings is 2. The highest BCUT2D eigenvalue weighted by Crippen LogP contribution is 2.54. The van der Waals surface area contributed by atoms with Crippen LogP contribution in [-0.2, 0) is 29.3 Å². The van der Waals surface area contributed by atoms with Crippen molar-refractivity contribution in [3.05, 3.63) is 108 Å². The van der Waals surface area contributed by atoms with E-state index in [1.165, 1.54) is 14.2 Å². The molecule has 1 unspecified atom stereocenters. The molecular weight excluding hydrogens is 837 g/mol. The van der Waals surface area contributed by atoms with Gasteiger partial charge in [0.05, 0.1) is 54.5 Å². The van der Waals surface area contributed by atoms with Gasteiger partial charge in [-0.1, -0.05) is 80.6 Å². The van der Waals surface area contributed by atoms with Crippen LogP contribution in [0.2, 0.25) is 0 Å². The number of methoxy groups -OCH3 is 3. The van der Waals surface area contributed by atoms with E-state index < -0.39 is 29.8 Å². The third-order valence-corrected chi connectivity index (χ3v) is 14.1. The van der Waals surface area contributed by atoms with E-state index in [9.17, 15) is 19.2 Å². The third-order valence-electron chi connectivity index (χ3n) is 14.1. The van der Waals surface area contributed by atoms with Crippen LogP contribution in [0.15, 0.2) is 91.0 Å². The highest BCUT2D eigenvalue weighted by Gasteiger charge is 2.56. The maximum absolute atomic E-state index is 14.6. The molecule has 3 fully saturated rings. The molecule has 7 atom stereocenters. The first kappa shape index (κ1) is 42.9. The van der Waals surface area contributed by atoms with Gasteiger partial charge in [-0.15, -0.1) is 0 Å². The van der Waals surface area contributed by atoms with Crippen molar-refractivity contribution >= 4 is 67.6 Å². The van der Waals surface area contributed by atoms with Crippen LogP contribution < -0.4 is 10.6 Å². The van der Waals surface area contributed by atoms with Gasteiger partial charge < -0.3 is 44.6 Å². The minimum atomic E-state index is -0.965. The van der Waals surface area contributed by atoms with Crippen LogP contribution in [0.5, 0.6) is 0 Å². The lowest BCUT2D eigenvalue weighted by atomic mass is 9.93. The Morgan fingerprint density at radius 2 is 1.41 bits per heavy atom. The summed E-state index contributed by atoms with van der Waals surface area (Å²) in [5.74, 6) is 1.40. The van der Waals surface area contributed by atoms with Gasteiger partial charge >= 0.3 is 12.2 Å². The van der Waals surface area contributed by atoms with Crippen molar-refractivity contribution < 1.29 is 33.4 Å². The van der Waals surface area contributed by atoms with E-state index in [0.29, 0.717) is 36.9 Å². The van der Waals surface area contributed by atoms with E-state index in [2.05, 4.69) is 75.2 Å². The fraction of sp³-hybridized carbons (Fsp3) is 0.373. The smallest absolute Gasteiger partial charge is 0.407 e. The lowest BCUT2D eigenvalue weighted by molar-refractivity contribution is -0.138. The van der Waals surface area contributed by atoms with Crippen molar-refractivity contribution in [1.29, 1.82) is 0 Å². The second-order valence-electron chi connectivity index (χ2n) is 18.6. The summed E-state index contributed by atoms with van der Waals surface area (Å²) in [6.45, 7) is 6.76. The number of likely N-dealkylation sites (tertiary alicyclic amines) is 2. The zero-order valence-electron chi connectivity index (χ0n) is 37.9. The fourth-order valence-corrected chi connectivity index (χ4v) is 10.6. The Bertz CT molecular complexity index is 3040. The summed E-state index contributed by atoms with van der Waals surface area (Å²) in [5.41, 5.74) is 5.33. The lowest BCUT2D eigenvalue weighted by Gasteiger charge is -2.36. The number of aromatic amines is 2. The monoisotopic (exact) mass is 890 g/mol. The fourth-order valence-electron chi connectivity index (χ4n) is 10.6. The van der Waals surface area contributed by atoms with Gasteiger partial charge in [0.2, 0.25) is 5.91 Å². The van der Waals surface area contributed by atoms with Gasteiger partial charge in [0.1, 0.15) is 23.7 Å². The van der Waals surface area contributed by atoms with E-state index in [4.69, 9.17) is 24.2 Å². The number of carbonyl (C=O) groups is 4. The highest BCUT2D eigenvalue weighted by molar-refractivity contribution is 6.07. The normalized spacial score (nSPS) is 22.2. The Morgan fingerprint density at radius 1 is 0.773 bits per heavy atom. The standard InChI is InChI=1S/C51H54N8O7/c1-27(2)41(56-49(62)65-5)47(61)59-39-22-34(39)23-40(59)45-52-37-18-14-32-20-30(12-16-35(32)43(37)54-45)31-13-17-36-33(21-31)15-19-38-44(36)55-48(53-38)51(3)24-28(26-64-4)25-58(51)46(60)42(57-50(63)66-6)29-10-8-7-9-11-29/h7-21,27-28,34,39-42H,22-26H2,1-6H3,(H,52,54)(H,53,55)(H,56,62)(H,57,63)/t28-,34+,39+,40-,41-,42+,51?/m0/s1. The van der Waals surface area contributed by atoms with E-state index >= 15 is 0 Å². The molecule has 0 radical (unpaired) electrons. The van der Waals surface area contributed by atoms with Crippen molar-refractivity contribution in [1.82, 2.24) is 40.4 Å². The van der Waals surface area contributed by atoms with Crippen LogP contribution in [0, 0.1) is 17.8 Å². The number of amides is 4. The van der Waals surface area contributed by atoms with Gasteiger partial charge in [-0.2, -0.15) is 0 Å². The van der Waals surface area contributed by atoms with E-state index in [1.54, 1.807) is 7.11 Å². The number of hydrogen-bond donors (Lipinski definition) is 4. The average molecular weight is 891 g/mol. The number of fused-ring (bicyclic) bond motifs is 7. The summed E-state index contributed by atoms with van der Waals surface area (Å²) in [6, 6.07) is 28.6. The van der Waals surface area contributed by atoms with Crippen LogP contribution >= 0.6 is 0 Å². The first-order valence-electron chi connectivity index (χ1n) is 22.6. The zero-order chi connectivity index (χ0) is 46.0. The molecule has 340 valence electrons. The van der Waals surface area contributed by atoms with E-state index in [1.807, 2.05) is 67.0 Å². The van der Waals surface area contributed by atoms with Crippen LogP contribution in [0.4, 0.5) is 9.59 Å². The topological polar surface area (TPSA) is 184 Å². The average Bonchev–Trinajstić information content (AvgIpc) is 3.71. The maximum Gasteiger partial charge on any atom is 0.407 e. The van der Waals surface area contributed by atoms with Crippen molar-refractivity contribution in [2.75, 3.05) is 34.5 Å². The van der Waals surface area contributed by atoms with Crippen molar-refractivity contribution in [3.8, 4) is 11.1 Å². The quantitative estimate of drug-likeness (QED) is 0.0993. The molecule has 2 aliphatic heterocycles. The SMILES string of the molecule is COC[C@@H]1CN(C(=O)[C@H](NC(=O)OC)c2ccccc2)C(C)(c2nc3c(ccc4cc(-c5ccc6c(ccc7[nH]c([C@@H]8C[C@H]9C[C@H]9N8C(=O)[C@@H](NC(=O)OC)C(C)C)nc76)c5)ccc43)[nH]2)C1. The van der Waals surface area contributed by atoms with Gasteiger partial charge in [-0.05, 0) is 89.8 Å². The van der Waals surface area contributed by atoms with Crippen LogP contribution in [0.25, 0.3) is 54.7 Å². The molecule has 7 aromatic rings. The number of alkyl carbamates (subject to hydrolysis) is 2. The summed E-state index contributed by atoms with van der Waals surface area (Å²) in [7, 11) is 4.25. The summed E-state index contributed by atoms with van der Waals surface area (Å²) >= 11 is 0. The molecule has 15 heteroatoms. The summed E-state index contributed by atoms with van der Waals surface area (Å²) in [5, 5.41) is 9.58. The molecule has 10 rings (SSSR count). The van der Waals surface area contributed by atoms with Gasteiger partial charge in [-0.3, -0.25) is 9.59 Å². The van der Waals surface area contributed by atoms with E-state index in [0.717, 1.165) is 73.4 Å². The number of hydrogen-bond acceptors (Lipinski definition) is 9. The van der Waals surface area contributed by atoms with Gasteiger partial charge in [0.25, 0.3) is 5.91 Å². The number of nitrogens with zero attached hydrogens (tertiary/aromatic N) is 4. The molecule has 5 aromatic carbocycles. The predicted octanol–water partition coefficient (Wildman–Crippen LogP) is 8.26. The highest BCUT2D eigenvalue weighted by atomic mass is 16.5. The molecule has 1 aliphatic carbocycles. The molecule has 4 amide bonds. The number of piperidine rings is 1. The molecule has 3 aliphatic rings. The molecule has 0 bridgehead atoms. The third kappa shape index (κ3) is 7.44. The van der Waals surface area contributed by atoms with Crippen LogP contribution in [-0.4, -0.2) is 100 Å². The molecule has 4 N–H and O–H groups in total. The second-order valence-corrected chi connectivity index (χ2v) is 18.6. The summed E-state index contributed by atoms with van der Waals surface area (Å²) in [6.07, 6.45) is 1.08. The predicted molar refractivity (Wildman–Crippen MR) is 250 cm³/mol. The lowest BCUT2D eigenvalue weighted by Crippen LogP contribution is -2.52. The zero-order valence-corrected chi connectivity index (χ0v) is 37.9. The number of rotatable bonds is 11. The molecule has 66 heavy (non-hydrogen) atoms. The molecule has 2 saturated heterocycles. The van der Waals surface area contributed by atoms with E-state index in [-0.39, 0.29) is 35.7 Å². The number of aromatic nitrogens is 4. The van der Waals surface area contributed by atoms with Crippen LogP contribution in [0.1, 0.15) is 69.3 Å². The number of benzene rings is 5. The van der Waals surface area contributed by atoms with Gasteiger partial charge in [0, 0.05) is 36.4 Å². The Labute approximate surface area is 381 Å². The largest absolute Gasteiger partial charge is 0.453 e. The van der Waals surface area contributed by atoms with Crippen molar-refractivity contribution in [2.45, 2.75) is 69.7 Å². The molecule has 15 nitrogen and oxygen atoms in total. The number of H-pyrrole nitrogens is 2. The van der Waals surface area contributed by atoms with Crippen molar-refractivity contribution in [2.24, 2.45) is 17.8 Å². The Morgan fingerprint density at radius 3 is 2.05 bits per heavy atom. The van der Waals surface area contributed by atoms with Crippen LogP contribution in [0.3, 0.4) is 0 Å². The number of nitrogens with one attached hydrogen (secondary N) is 4.